The van der Waals surface area contributed by atoms with Gasteiger partial charge in [-0.25, -0.2) is 0 Å². The van der Waals surface area contributed by atoms with Crippen LogP contribution in [-0.2, 0) is 6.54 Å². The summed E-state index contributed by atoms with van der Waals surface area (Å²) >= 11 is 0. The molecule has 0 saturated heterocycles. The average molecular weight is 271 g/mol. The summed E-state index contributed by atoms with van der Waals surface area (Å²) in [4.78, 5) is 12.3. The lowest BCUT2D eigenvalue weighted by Crippen LogP contribution is -2.18. The first-order valence-electron chi connectivity index (χ1n) is 6.28. The fourth-order valence-electron chi connectivity index (χ4n) is 2.13. The van der Waals surface area contributed by atoms with Crippen molar-refractivity contribution in [3.05, 3.63) is 63.7 Å². The molecule has 2 aromatic rings. The van der Waals surface area contributed by atoms with Crippen molar-refractivity contribution in [2.75, 3.05) is 17.7 Å². The van der Waals surface area contributed by atoms with E-state index in [4.69, 9.17) is 5.73 Å². The molecular formula is C15H17N3O2. The molecule has 0 saturated carbocycles. The van der Waals surface area contributed by atoms with Gasteiger partial charge in [0.1, 0.15) is 0 Å². The Morgan fingerprint density at radius 2 is 1.95 bits per heavy atom. The Morgan fingerprint density at radius 3 is 2.55 bits per heavy atom. The van der Waals surface area contributed by atoms with E-state index in [2.05, 4.69) is 19.1 Å². The average Bonchev–Trinajstić information content (AvgIpc) is 2.41. The molecule has 0 bridgehead atoms. The molecule has 20 heavy (non-hydrogen) atoms. The van der Waals surface area contributed by atoms with Gasteiger partial charge in [0.25, 0.3) is 5.69 Å². The molecule has 0 spiro atoms. The molecule has 0 radical (unpaired) electrons. The number of nitrogens with zero attached hydrogens (tertiary/aromatic N) is 2. The maximum Gasteiger partial charge on any atom is 0.271 e. The quantitative estimate of drug-likeness (QED) is 0.527. The van der Waals surface area contributed by atoms with E-state index in [1.54, 1.807) is 6.07 Å². The van der Waals surface area contributed by atoms with Crippen molar-refractivity contribution < 1.29 is 4.92 Å². The summed E-state index contributed by atoms with van der Waals surface area (Å²) in [6.45, 7) is 2.76. The van der Waals surface area contributed by atoms with Crippen LogP contribution in [0.1, 0.15) is 11.1 Å². The second-order valence-corrected chi connectivity index (χ2v) is 4.78. The van der Waals surface area contributed by atoms with E-state index in [9.17, 15) is 10.1 Å². The summed E-state index contributed by atoms with van der Waals surface area (Å²) in [6.07, 6.45) is 0. The number of benzene rings is 2. The van der Waals surface area contributed by atoms with E-state index in [1.807, 2.05) is 24.1 Å². The first kappa shape index (κ1) is 13.9. The number of rotatable bonds is 4. The number of hydrogen-bond donors (Lipinski definition) is 1. The molecule has 0 aromatic heterocycles. The number of nitro groups is 1. The van der Waals surface area contributed by atoms with Crippen molar-refractivity contribution in [2.24, 2.45) is 0 Å². The molecule has 0 unspecified atom stereocenters. The lowest BCUT2D eigenvalue weighted by atomic mass is 10.1. The Balaban J connectivity index is 2.23. The predicted octanol–water partition coefficient (Wildman–Crippen LogP) is 3.12. The number of nitrogen functional groups attached to an aromatic ring is 1. The van der Waals surface area contributed by atoms with Crippen LogP contribution < -0.4 is 10.6 Å². The molecule has 2 N–H and O–H groups in total. The van der Waals surface area contributed by atoms with Crippen LogP contribution in [0.4, 0.5) is 17.1 Å². The van der Waals surface area contributed by atoms with Gasteiger partial charge in [0.05, 0.1) is 16.3 Å². The highest BCUT2D eigenvalue weighted by Crippen LogP contribution is 2.28. The first-order valence-corrected chi connectivity index (χ1v) is 6.28. The van der Waals surface area contributed by atoms with Crippen molar-refractivity contribution in [2.45, 2.75) is 13.5 Å². The van der Waals surface area contributed by atoms with E-state index in [0.29, 0.717) is 12.2 Å². The Kier molecular flexibility index (Phi) is 3.89. The summed E-state index contributed by atoms with van der Waals surface area (Å²) in [5.41, 5.74) is 9.53. The Bertz CT molecular complexity index is 641. The molecule has 0 atom stereocenters. The van der Waals surface area contributed by atoms with Gasteiger partial charge < -0.3 is 10.6 Å². The standard InChI is InChI=1S/C15H17N3O2/c1-11-5-3-4-6-12(11)10-17(2)15-8-7-13(18(19)20)9-14(15)16/h3-9H,10,16H2,1-2H3. The number of non-ortho nitro benzene ring substituents is 1. The van der Waals surface area contributed by atoms with E-state index >= 15 is 0 Å². The van der Waals surface area contributed by atoms with E-state index in [0.717, 1.165) is 5.69 Å². The SMILES string of the molecule is Cc1ccccc1CN(C)c1ccc([N+](=O)[O-])cc1N. The summed E-state index contributed by atoms with van der Waals surface area (Å²) in [5, 5.41) is 10.7. The highest BCUT2D eigenvalue weighted by molar-refractivity contribution is 5.70. The molecule has 5 heteroatoms. The molecule has 2 rings (SSSR count). The molecule has 0 fully saturated rings. The molecule has 0 heterocycles. The van der Waals surface area contributed by atoms with Crippen LogP contribution in [0.2, 0.25) is 0 Å². The van der Waals surface area contributed by atoms with Crippen LogP contribution in [0.5, 0.6) is 0 Å². The molecule has 5 nitrogen and oxygen atoms in total. The second-order valence-electron chi connectivity index (χ2n) is 4.78. The monoisotopic (exact) mass is 271 g/mol. The second kappa shape index (κ2) is 5.61. The number of aryl methyl sites for hydroxylation is 1. The Hall–Kier alpha value is -2.56. The predicted molar refractivity (Wildman–Crippen MR) is 80.8 cm³/mol. The van der Waals surface area contributed by atoms with Gasteiger partial charge >= 0.3 is 0 Å². The van der Waals surface area contributed by atoms with Crippen molar-refractivity contribution in [1.29, 1.82) is 0 Å². The fraction of sp³-hybridized carbons (Fsp3) is 0.200. The maximum absolute atomic E-state index is 10.7. The smallest absolute Gasteiger partial charge is 0.271 e. The third-order valence-corrected chi connectivity index (χ3v) is 3.30. The third kappa shape index (κ3) is 2.88. The van der Waals surface area contributed by atoms with Gasteiger partial charge in [-0.3, -0.25) is 10.1 Å². The van der Waals surface area contributed by atoms with E-state index < -0.39 is 4.92 Å². The third-order valence-electron chi connectivity index (χ3n) is 3.30. The lowest BCUT2D eigenvalue weighted by molar-refractivity contribution is -0.384. The molecular weight excluding hydrogens is 254 g/mol. The summed E-state index contributed by atoms with van der Waals surface area (Å²) in [7, 11) is 1.92. The van der Waals surface area contributed by atoms with Gasteiger partial charge in [-0.2, -0.15) is 0 Å². The minimum atomic E-state index is -0.443. The highest BCUT2D eigenvalue weighted by atomic mass is 16.6. The molecule has 0 amide bonds. The summed E-state index contributed by atoms with van der Waals surface area (Å²) in [5.74, 6) is 0. The van der Waals surface area contributed by atoms with Crippen LogP contribution in [-0.4, -0.2) is 12.0 Å². The van der Waals surface area contributed by atoms with Crippen molar-refractivity contribution in [1.82, 2.24) is 0 Å². The minimum Gasteiger partial charge on any atom is -0.397 e. The van der Waals surface area contributed by atoms with Crippen molar-refractivity contribution >= 4 is 17.1 Å². The summed E-state index contributed by atoms with van der Waals surface area (Å²) < 4.78 is 0. The van der Waals surface area contributed by atoms with Gasteiger partial charge in [0.15, 0.2) is 0 Å². The zero-order chi connectivity index (χ0) is 14.7. The van der Waals surface area contributed by atoms with Crippen LogP contribution in [0.25, 0.3) is 0 Å². The summed E-state index contributed by atoms with van der Waals surface area (Å²) in [6, 6.07) is 12.7. The molecule has 0 aliphatic rings. The zero-order valence-corrected chi connectivity index (χ0v) is 11.5. The van der Waals surface area contributed by atoms with Gasteiger partial charge in [-0.05, 0) is 24.1 Å². The maximum atomic E-state index is 10.7. The van der Waals surface area contributed by atoms with Crippen LogP contribution in [0, 0.1) is 17.0 Å². The van der Waals surface area contributed by atoms with Crippen LogP contribution in [0.3, 0.4) is 0 Å². The van der Waals surface area contributed by atoms with Gasteiger partial charge in [-0.1, -0.05) is 24.3 Å². The lowest BCUT2D eigenvalue weighted by Gasteiger charge is -2.22. The molecule has 2 aromatic carbocycles. The molecule has 0 aliphatic carbocycles. The van der Waals surface area contributed by atoms with Crippen molar-refractivity contribution in [3.8, 4) is 0 Å². The zero-order valence-electron chi connectivity index (χ0n) is 11.5. The van der Waals surface area contributed by atoms with Gasteiger partial charge in [0.2, 0.25) is 0 Å². The Labute approximate surface area is 117 Å². The van der Waals surface area contributed by atoms with Gasteiger partial charge in [-0.15, -0.1) is 0 Å². The topological polar surface area (TPSA) is 72.4 Å². The molecule has 0 aliphatic heterocycles. The van der Waals surface area contributed by atoms with E-state index in [-0.39, 0.29) is 5.69 Å². The van der Waals surface area contributed by atoms with E-state index in [1.165, 1.54) is 23.3 Å². The van der Waals surface area contributed by atoms with Crippen LogP contribution in [0.15, 0.2) is 42.5 Å². The highest BCUT2D eigenvalue weighted by Gasteiger charge is 2.12. The number of nitrogens with two attached hydrogens (primary N) is 1. The first-order chi connectivity index (χ1) is 9.49. The Morgan fingerprint density at radius 1 is 1.25 bits per heavy atom. The minimum absolute atomic E-state index is 0.00976. The van der Waals surface area contributed by atoms with Crippen LogP contribution >= 0.6 is 0 Å². The largest absolute Gasteiger partial charge is 0.397 e. The van der Waals surface area contributed by atoms with Crippen molar-refractivity contribution in [3.63, 3.8) is 0 Å². The normalized spacial score (nSPS) is 10.3. The fourth-order valence-corrected chi connectivity index (χ4v) is 2.13. The number of hydrogen-bond acceptors (Lipinski definition) is 4. The van der Waals surface area contributed by atoms with Gasteiger partial charge in [0, 0.05) is 25.7 Å². The molecule has 104 valence electrons. The number of anilines is 2. The number of nitro benzene ring substituents is 1.